The summed E-state index contributed by atoms with van der Waals surface area (Å²) < 4.78 is 17.0. The van der Waals surface area contributed by atoms with E-state index in [1.54, 1.807) is 0 Å². The largest absolute Gasteiger partial charge is 0.462 e. The third-order valence-corrected chi connectivity index (χ3v) is 17.1. The van der Waals surface area contributed by atoms with Crippen molar-refractivity contribution in [3.63, 3.8) is 0 Å². The molecule has 0 fully saturated rings. The maximum atomic E-state index is 13.0. The summed E-state index contributed by atoms with van der Waals surface area (Å²) in [7, 11) is 0. The molecule has 0 saturated heterocycles. The number of hydrogen-bond acceptors (Lipinski definition) is 6. The van der Waals surface area contributed by atoms with Crippen LogP contribution in [0, 0.1) is 11.8 Å². The van der Waals surface area contributed by atoms with Crippen LogP contribution in [0.15, 0.2) is 0 Å². The van der Waals surface area contributed by atoms with E-state index in [1.165, 1.54) is 302 Å². The molecule has 0 aliphatic carbocycles. The molecule has 0 radical (unpaired) electrons. The van der Waals surface area contributed by atoms with Crippen molar-refractivity contribution in [2.75, 3.05) is 13.2 Å². The average Bonchev–Trinajstić information content (AvgIpc) is 3.43. The number of carbonyl (C=O) groups is 3. The second kappa shape index (κ2) is 64.6. The van der Waals surface area contributed by atoms with Crippen LogP contribution in [0.2, 0.25) is 0 Å². The molecule has 0 bridgehead atoms. The standard InChI is InChI=1S/C72H140O6/c1-6-8-9-10-11-12-13-14-15-20-27-32-37-42-47-52-57-62-70(73)76-65-69(66-77-71(74)63-58-53-48-43-38-33-28-23-18-16-21-25-30-35-40-45-50-55-60-67(3)4)78-72(75)64-59-54-49-44-39-34-29-24-19-17-22-26-31-36-41-46-51-56-61-68(5)7-2/h67-69H,6-66H2,1-5H3/t68?,69-/m0/s1. The predicted octanol–water partition coefficient (Wildman–Crippen LogP) is 24.3. The Labute approximate surface area is 488 Å². The quantitative estimate of drug-likeness (QED) is 0.0343. The SMILES string of the molecule is CCCCCCCCCCCCCCCCCCCC(=O)OC[C@@H](COC(=O)CCCCCCCCCCCCCCCCCCCCC(C)C)OC(=O)CCCCCCCCCCCCCCCCCCCCC(C)CC. The molecular formula is C72H140O6. The van der Waals surface area contributed by atoms with E-state index in [2.05, 4.69) is 34.6 Å². The molecule has 0 aliphatic heterocycles. The highest BCUT2D eigenvalue weighted by Gasteiger charge is 2.20. The molecule has 0 aliphatic rings. The number of esters is 3. The summed E-state index contributed by atoms with van der Waals surface area (Å²) in [6.45, 7) is 11.5. The Morgan fingerprint density at radius 3 is 0.731 bits per heavy atom. The van der Waals surface area contributed by atoms with Crippen LogP contribution in [0.1, 0.15) is 413 Å². The second-order valence-corrected chi connectivity index (χ2v) is 25.6. The number of ether oxygens (including phenoxy) is 3. The topological polar surface area (TPSA) is 78.9 Å². The van der Waals surface area contributed by atoms with Crippen molar-refractivity contribution in [3.05, 3.63) is 0 Å². The van der Waals surface area contributed by atoms with Crippen molar-refractivity contribution in [1.82, 2.24) is 0 Å². The molecule has 0 N–H and O–H groups in total. The Balaban J connectivity index is 4.27. The van der Waals surface area contributed by atoms with E-state index >= 15 is 0 Å². The number of hydrogen-bond donors (Lipinski definition) is 0. The monoisotopic (exact) mass is 1100 g/mol. The third kappa shape index (κ3) is 63.6. The minimum atomic E-state index is -0.765. The van der Waals surface area contributed by atoms with Crippen LogP contribution in [0.3, 0.4) is 0 Å². The molecule has 0 aromatic carbocycles. The van der Waals surface area contributed by atoms with Crippen LogP contribution in [0.25, 0.3) is 0 Å². The molecule has 6 nitrogen and oxygen atoms in total. The van der Waals surface area contributed by atoms with Crippen molar-refractivity contribution < 1.29 is 28.6 Å². The van der Waals surface area contributed by atoms with Gasteiger partial charge in [0, 0.05) is 19.3 Å². The van der Waals surface area contributed by atoms with E-state index in [0.29, 0.717) is 19.3 Å². The zero-order chi connectivity index (χ0) is 56.7. The highest BCUT2D eigenvalue weighted by atomic mass is 16.6. The lowest BCUT2D eigenvalue weighted by molar-refractivity contribution is -0.167. The molecule has 2 atom stereocenters. The number of unbranched alkanes of at least 4 members (excludes halogenated alkanes) is 50. The zero-order valence-electron chi connectivity index (χ0n) is 53.8. The van der Waals surface area contributed by atoms with Crippen molar-refractivity contribution in [3.8, 4) is 0 Å². The van der Waals surface area contributed by atoms with Gasteiger partial charge >= 0.3 is 17.9 Å². The van der Waals surface area contributed by atoms with Gasteiger partial charge in [-0.25, -0.2) is 0 Å². The van der Waals surface area contributed by atoms with E-state index in [1.807, 2.05) is 0 Å². The maximum Gasteiger partial charge on any atom is 0.306 e. The van der Waals surface area contributed by atoms with Gasteiger partial charge in [-0.2, -0.15) is 0 Å². The Hall–Kier alpha value is -1.59. The van der Waals surface area contributed by atoms with Crippen LogP contribution in [-0.4, -0.2) is 37.2 Å². The molecule has 78 heavy (non-hydrogen) atoms. The van der Waals surface area contributed by atoms with Crippen molar-refractivity contribution in [2.45, 2.75) is 420 Å². The minimum Gasteiger partial charge on any atom is -0.462 e. The fourth-order valence-electron chi connectivity index (χ4n) is 11.3. The summed E-state index contributed by atoms with van der Waals surface area (Å²) in [5, 5.41) is 0. The van der Waals surface area contributed by atoms with E-state index < -0.39 is 6.10 Å². The Morgan fingerprint density at radius 2 is 0.487 bits per heavy atom. The molecule has 0 aromatic heterocycles. The number of rotatable bonds is 66. The van der Waals surface area contributed by atoms with Gasteiger partial charge in [0.2, 0.25) is 0 Å². The van der Waals surface area contributed by atoms with Crippen LogP contribution in [-0.2, 0) is 28.6 Å². The smallest absolute Gasteiger partial charge is 0.306 e. The second-order valence-electron chi connectivity index (χ2n) is 25.6. The summed E-state index contributed by atoms with van der Waals surface area (Å²) in [6, 6.07) is 0. The fourth-order valence-corrected chi connectivity index (χ4v) is 11.3. The van der Waals surface area contributed by atoms with Gasteiger partial charge in [0.25, 0.3) is 0 Å². The third-order valence-electron chi connectivity index (χ3n) is 17.1. The molecule has 464 valence electrons. The summed E-state index contributed by atoms with van der Waals surface area (Å²) in [4.78, 5) is 38.5. The zero-order valence-corrected chi connectivity index (χ0v) is 53.8. The first-order valence-electron chi connectivity index (χ1n) is 35.8. The molecular weight excluding hydrogens is 961 g/mol. The summed E-state index contributed by atoms with van der Waals surface area (Å²) >= 11 is 0. The summed E-state index contributed by atoms with van der Waals surface area (Å²) in [5.74, 6) is 0.946. The Kier molecular flexibility index (Phi) is 63.3. The van der Waals surface area contributed by atoms with Gasteiger partial charge in [-0.05, 0) is 31.1 Å². The van der Waals surface area contributed by atoms with Crippen LogP contribution >= 0.6 is 0 Å². The van der Waals surface area contributed by atoms with Gasteiger partial charge in [0.1, 0.15) is 13.2 Å². The molecule has 0 heterocycles. The lowest BCUT2D eigenvalue weighted by Crippen LogP contribution is -2.30. The normalized spacial score (nSPS) is 12.4. The van der Waals surface area contributed by atoms with E-state index in [-0.39, 0.29) is 31.1 Å². The Morgan fingerprint density at radius 1 is 0.269 bits per heavy atom. The predicted molar refractivity (Wildman–Crippen MR) is 340 cm³/mol. The van der Waals surface area contributed by atoms with Gasteiger partial charge in [0.15, 0.2) is 6.10 Å². The average molecular weight is 1100 g/mol. The van der Waals surface area contributed by atoms with Gasteiger partial charge < -0.3 is 14.2 Å². The number of carbonyl (C=O) groups excluding carboxylic acids is 3. The van der Waals surface area contributed by atoms with E-state index in [0.717, 1.165) is 69.6 Å². The maximum absolute atomic E-state index is 13.0. The summed E-state index contributed by atoms with van der Waals surface area (Å²) in [6.07, 6.45) is 74.0. The summed E-state index contributed by atoms with van der Waals surface area (Å²) in [5.41, 5.74) is 0. The van der Waals surface area contributed by atoms with Crippen LogP contribution < -0.4 is 0 Å². The van der Waals surface area contributed by atoms with Gasteiger partial charge in [-0.15, -0.1) is 0 Å². The fraction of sp³-hybridized carbons (Fsp3) is 0.958. The molecule has 0 saturated carbocycles. The first-order valence-corrected chi connectivity index (χ1v) is 35.8. The van der Waals surface area contributed by atoms with Crippen LogP contribution in [0.4, 0.5) is 0 Å². The van der Waals surface area contributed by atoms with Gasteiger partial charge in [-0.1, -0.05) is 375 Å². The first kappa shape index (κ1) is 76.4. The molecule has 0 spiro atoms. The minimum absolute atomic E-state index is 0.0610. The molecule has 1 unspecified atom stereocenters. The van der Waals surface area contributed by atoms with E-state index in [4.69, 9.17) is 14.2 Å². The highest BCUT2D eigenvalue weighted by molar-refractivity contribution is 5.71. The molecule has 6 heteroatoms. The first-order chi connectivity index (χ1) is 38.3. The lowest BCUT2D eigenvalue weighted by atomic mass is 9.99. The van der Waals surface area contributed by atoms with Crippen molar-refractivity contribution in [1.29, 1.82) is 0 Å². The highest BCUT2D eigenvalue weighted by Crippen LogP contribution is 2.20. The van der Waals surface area contributed by atoms with E-state index in [9.17, 15) is 14.4 Å². The Bertz CT molecular complexity index is 1200. The van der Waals surface area contributed by atoms with Crippen molar-refractivity contribution >= 4 is 17.9 Å². The molecule has 0 rings (SSSR count). The van der Waals surface area contributed by atoms with Gasteiger partial charge in [-0.3, -0.25) is 14.4 Å². The van der Waals surface area contributed by atoms with Crippen LogP contribution in [0.5, 0.6) is 0 Å². The van der Waals surface area contributed by atoms with Gasteiger partial charge in [0.05, 0.1) is 0 Å². The molecule has 0 amide bonds. The molecule has 0 aromatic rings. The lowest BCUT2D eigenvalue weighted by Gasteiger charge is -2.18. The van der Waals surface area contributed by atoms with Crippen molar-refractivity contribution in [2.24, 2.45) is 11.8 Å².